The second-order valence-corrected chi connectivity index (χ2v) is 9.50. The number of fused-ring (bicyclic) bond motifs is 1. The van der Waals surface area contributed by atoms with Gasteiger partial charge in [-0.3, -0.25) is 14.6 Å². The number of hydrogen-bond acceptors (Lipinski definition) is 7. The van der Waals surface area contributed by atoms with Crippen LogP contribution in [0.25, 0.3) is 11.1 Å². The van der Waals surface area contributed by atoms with Crippen LogP contribution in [0.15, 0.2) is 48.8 Å². The smallest absolute Gasteiger partial charge is 0.420 e. The highest BCUT2D eigenvalue weighted by Gasteiger charge is 2.30. The lowest BCUT2D eigenvalue weighted by atomic mass is 10.0. The number of alkyl halides is 3. The number of carbonyl (C=O) groups is 2. The average Bonchev–Trinajstić information content (AvgIpc) is 3.48. The number of nitriles is 1. The molecule has 0 aliphatic carbocycles. The molecule has 3 aromatic rings. The molecule has 0 spiro atoms. The number of ether oxygens (including phenoxy) is 1. The number of pyridine rings is 2. The van der Waals surface area contributed by atoms with Crippen LogP contribution in [0.5, 0.6) is 5.75 Å². The van der Waals surface area contributed by atoms with Gasteiger partial charge < -0.3 is 19.9 Å². The zero-order chi connectivity index (χ0) is 27.0. The van der Waals surface area contributed by atoms with Crippen LogP contribution in [-0.4, -0.2) is 52.4 Å². The molecule has 0 radical (unpaired) electrons. The van der Waals surface area contributed by atoms with Crippen LogP contribution in [0, 0.1) is 17.2 Å². The van der Waals surface area contributed by atoms with E-state index in [0.717, 1.165) is 0 Å². The summed E-state index contributed by atoms with van der Waals surface area (Å²) in [6, 6.07) is 11.0. The summed E-state index contributed by atoms with van der Waals surface area (Å²) in [5.74, 6) is -0.331. The highest BCUT2D eigenvalue weighted by molar-refractivity contribution is 6.20. The van der Waals surface area contributed by atoms with Crippen LogP contribution in [0.1, 0.15) is 32.8 Å². The van der Waals surface area contributed by atoms with Crippen molar-refractivity contribution in [3.63, 3.8) is 0 Å². The highest BCUT2D eigenvalue weighted by atomic mass is 35.5. The SMILES string of the molecule is CN1Cc2ncc(-c3cc(C(=O)Nc4ccc(OC(F)(F)Cl)cc4)cnc3N3CC[C@H](C#N)C3)cc2C1=O. The molecule has 0 saturated carbocycles. The van der Waals surface area contributed by atoms with Gasteiger partial charge in [0.15, 0.2) is 0 Å². The molecule has 5 rings (SSSR count). The number of halogens is 3. The Bertz CT molecular complexity index is 1450. The number of hydrogen-bond donors (Lipinski definition) is 1. The molecule has 1 saturated heterocycles. The maximum absolute atomic E-state index is 13.1. The summed E-state index contributed by atoms with van der Waals surface area (Å²) in [6.07, 6.45) is 3.77. The van der Waals surface area contributed by atoms with Crippen molar-refractivity contribution in [3.8, 4) is 22.9 Å². The van der Waals surface area contributed by atoms with Crippen LogP contribution in [-0.2, 0) is 6.54 Å². The van der Waals surface area contributed by atoms with Gasteiger partial charge in [0, 0.05) is 60.9 Å². The maximum Gasteiger partial charge on any atom is 0.487 e. The van der Waals surface area contributed by atoms with Crippen LogP contribution in [0.2, 0.25) is 0 Å². The van der Waals surface area contributed by atoms with Crippen molar-refractivity contribution >= 4 is 34.9 Å². The van der Waals surface area contributed by atoms with E-state index in [0.29, 0.717) is 59.9 Å². The fourth-order valence-corrected chi connectivity index (χ4v) is 4.59. The predicted molar refractivity (Wildman–Crippen MR) is 135 cm³/mol. The van der Waals surface area contributed by atoms with Crippen LogP contribution >= 0.6 is 11.6 Å². The lowest BCUT2D eigenvalue weighted by molar-refractivity contribution is -0.0964. The molecule has 2 aliphatic rings. The van der Waals surface area contributed by atoms with E-state index in [1.165, 1.54) is 30.5 Å². The first-order valence-electron chi connectivity index (χ1n) is 11.7. The topological polar surface area (TPSA) is 111 Å². The predicted octanol–water partition coefficient (Wildman–Crippen LogP) is 4.50. The van der Waals surface area contributed by atoms with Crippen molar-refractivity contribution in [1.29, 1.82) is 5.26 Å². The second-order valence-electron chi connectivity index (χ2n) is 9.06. The van der Waals surface area contributed by atoms with E-state index < -0.39 is 11.5 Å². The van der Waals surface area contributed by atoms with Gasteiger partial charge >= 0.3 is 5.57 Å². The van der Waals surface area contributed by atoms with Crippen LogP contribution in [0.3, 0.4) is 0 Å². The standard InChI is InChI=1S/C26H21ClF2N6O3/c1-34-14-22-21(25(34)37)8-16(11-31-22)20-9-17(12-32-23(20)35-7-6-15(10-30)13-35)24(36)33-18-2-4-19(5-3-18)38-26(27,28)29/h2-5,8-9,11-12,15H,6-7,13-14H2,1H3,(H,33,36)/t15-/m1/s1. The number of rotatable bonds is 6. The van der Waals surface area contributed by atoms with Gasteiger partial charge in [-0.1, -0.05) is 0 Å². The normalized spacial score (nSPS) is 16.8. The van der Waals surface area contributed by atoms with Gasteiger partial charge in [-0.05, 0) is 42.8 Å². The minimum absolute atomic E-state index is 0.133. The first-order valence-corrected chi connectivity index (χ1v) is 12.1. The zero-order valence-corrected chi connectivity index (χ0v) is 20.9. The summed E-state index contributed by atoms with van der Waals surface area (Å²) >= 11 is 4.78. The maximum atomic E-state index is 13.1. The third-order valence-electron chi connectivity index (χ3n) is 6.39. The van der Waals surface area contributed by atoms with E-state index in [-0.39, 0.29) is 23.1 Å². The largest absolute Gasteiger partial charge is 0.487 e. The monoisotopic (exact) mass is 538 g/mol. The van der Waals surface area contributed by atoms with Crippen molar-refractivity contribution in [2.45, 2.75) is 18.5 Å². The van der Waals surface area contributed by atoms with Gasteiger partial charge in [-0.2, -0.15) is 5.26 Å². The molecular weight excluding hydrogens is 518 g/mol. The lowest BCUT2D eigenvalue weighted by Crippen LogP contribution is -2.22. The Kier molecular flexibility index (Phi) is 6.59. The molecule has 0 bridgehead atoms. The first kappa shape index (κ1) is 25.4. The number of nitrogens with one attached hydrogen (secondary N) is 1. The zero-order valence-electron chi connectivity index (χ0n) is 20.1. The molecule has 1 fully saturated rings. The van der Waals surface area contributed by atoms with Crippen molar-refractivity contribution in [1.82, 2.24) is 14.9 Å². The Morgan fingerprint density at radius 2 is 1.97 bits per heavy atom. The Hall–Kier alpha value is -4.30. The average molecular weight is 539 g/mol. The van der Waals surface area contributed by atoms with Gasteiger partial charge in [0.2, 0.25) is 0 Å². The molecule has 1 aromatic carbocycles. The Morgan fingerprint density at radius 1 is 1.21 bits per heavy atom. The van der Waals surface area contributed by atoms with E-state index >= 15 is 0 Å². The van der Waals surface area contributed by atoms with Gasteiger partial charge in [-0.15, -0.1) is 8.78 Å². The fraction of sp³-hybridized carbons (Fsp3) is 0.269. The molecule has 2 aromatic heterocycles. The number of benzene rings is 1. The van der Waals surface area contributed by atoms with E-state index in [2.05, 4.69) is 26.1 Å². The minimum atomic E-state index is -3.84. The number of amides is 2. The van der Waals surface area contributed by atoms with E-state index in [9.17, 15) is 23.6 Å². The third-order valence-corrected chi connectivity index (χ3v) is 6.47. The summed E-state index contributed by atoms with van der Waals surface area (Å²) in [6.45, 7) is 1.54. The van der Waals surface area contributed by atoms with Gasteiger partial charge in [-0.25, -0.2) is 4.98 Å². The van der Waals surface area contributed by atoms with Gasteiger partial charge in [0.1, 0.15) is 11.6 Å². The van der Waals surface area contributed by atoms with Crippen molar-refractivity contribution in [2.24, 2.45) is 5.92 Å². The van der Waals surface area contributed by atoms with Crippen LogP contribution < -0.4 is 15.0 Å². The molecule has 1 N–H and O–H groups in total. The van der Waals surface area contributed by atoms with Crippen molar-refractivity contribution in [3.05, 3.63) is 65.6 Å². The van der Waals surface area contributed by atoms with E-state index in [1.807, 2.05) is 4.90 Å². The Balaban J connectivity index is 1.46. The van der Waals surface area contributed by atoms with Gasteiger partial charge in [0.25, 0.3) is 11.8 Å². The number of anilines is 2. The number of nitrogens with zero attached hydrogens (tertiary/aromatic N) is 5. The molecule has 38 heavy (non-hydrogen) atoms. The summed E-state index contributed by atoms with van der Waals surface area (Å²) in [5, 5.41) is 12.1. The summed E-state index contributed by atoms with van der Waals surface area (Å²) in [4.78, 5) is 38.3. The van der Waals surface area contributed by atoms with Crippen molar-refractivity contribution < 1.29 is 23.1 Å². The summed E-state index contributed by atoms with van der Waals surface area (Å²) in [5.41, 5.74) is -0.882. The molecule has 12 heteroatoms. The molecule has 9 nitrogen and oxygen atoms in total. The molecule has 4 heterocycles. The van der Waals surface area contributed by atoms with Gasteiger partial charge in [0.05, 0.1) is 35.4 Å². The first-order chi connectivity index (χ1) is 18.1. The summed E-state index contributed by atoms with van der Waals surface area (Å²) < 4.78 is 30.0. The Morgan fingerprint density at radius 3 is 2.66 bits per heavy atom. The molecule has 2 aliphatic heterocycles. The van der Waals surface area contributed by atoms with E-state index in [4.69, 9.17) is 11.6 Å². The molecule has 2 amide bonds. The van der Waals surface area contributed by atoms with Crippen LogP contribution in [0.4, 0.5) is 20.3 Å². The second kappa shape index (κ2) is 9.87. The molecule has 194 valence electrons. The van der Waals surface area contributed by atoms with Crippen molar-refractivity contribution in [2.75, 3.05) is 30.4 Å². The minimum Gasteiger partial charge on any atom is -0.420 e. The highest BCUT2D eigenvalue weighted by Crippen LogP contribution is 2.35. The fourth-order valence-electron chi connectivity index (χ4n) is 4.50. The summed E-state index contributed by atoms with van der Waals surface area (Å²) in [7, 11) is 1.70. The lowest BCUT2D eigenvalue weighted by Gasteiger charge is -2.21. The number of aromatic nitrogens is 2. The number of carbonyl (C=O) groups excluding carboxylic acids is 2. The molecule has 1 atom stereocenters. The third kappa shape index (κ3) is 5.21. The quantitative estimate of drug-likeness (QED) is 0.460. The molecule has 0 unspecified atom stereocenters. The molecular formula is C26H21ClF2N6O3. The van der Waals surface area contributed by atoms with E-state index in [1.54, 1.807) is 30.3 Å². The Labute approximate surface area is 221 Å².